The smallest absolute Gasteiger partial charge is 0.222 e. The van der Waals surface area contributed by atoms with Crippen molar-refractivity contribution < 1.29 is 4.79 Å². The number of amides is 1. The second-order valence-corrected chi connectivity index (χ2v) is 10.1. The molecule has 3 N–H and O–H groups in total. The Labute approximate surface area is 213 Å². The van der Waals surface area contributed by atoms with Gasteiger partial charge in [0.15, 0.2) is 0 Å². The summed E-state index contributed by atoms with van der Waals surface area (Å²) < 4.78 is 1.96. The third-order valence-corrected chi connectivity index (χ3v) is 7.40. The fourth-order valence-electron chi connectivity index (χ4n) is 4.04. The Balaban J connectivity index is 1.63. The molecule has 2 aromatic heterocycles. The lowest BCUT2D eigenvalue weighted by Crippen LogP contribution is -2.42. The van der Waals surface area contributed by atoms with E-state index in [1.807, 2.05) is 48.9 Å². The second kappa shape index (κ2) is 10.5. The summed E-state index contributed by atoms with van der Waals surface area (Å²) in [6, 6.07) is 6.70. The van der Waals surface area contributed by atoms with Crippen LogP contribution in [0.5, 0.6) is 0 Å². The van der Waals surface area contributed by atoms with Crippen molar-refractivity contribution >= 4 is 51.2 Å². The molecule has 10 heteroatoms. The van der Waals surface area contributed by atoms with E-state index in [0.29, 0.717) is 17.3 Å². The molecule has 3 aromatic rings. The molecule has 0 bridgehead atoms. The van der Waals surface area contributed by atoms with Gasteiger partial charge in [-0.05, 0) is 44.9 Å². The number of nitrogens with zero attached hydrogens (tertiary/aromatic N) is 4. The number of hydrogen-bond acceptors (Lipinski definition) is 6. The predicted molar refractivity (Wildman–Crippen MR) is 143 cm³/mol. The molecule has 1 aliphatic heterocycles. The Kier molecular flexibility index (Phi) is 7.47. The molecule has 4 rings (SSSR count). The highest BCUT2D eigenvalue weighted by atomic mass is 35.5. The first-order chi connectivity index (χ1) is 16.8. The van der Waals surface area contributed by atoms with E-state index in [1.54, 1.807) is 24.3 Å². The van der Waals surface area contributed by atoms with Crippen LogP contribution in [0.15, 0.2) is 48.0 Å². The van der Waals surface area contributed by atoms with Gasteiger partial charge in [-0.15, -0.1) is 11.3 Å². The Morgan fingerprint density at radius 3 is 2.66 bits per heavy atom. The van der Waals surface area contributed by atoms with Crippen molar-refractivity contribution in [1.82, 2.24) is 14.9 Å². The van der Waals surface area contributed by atoms with Crippen LogP contribution in [-0.4, -0.2) is 45.4 Å². The van der Waals surface area contributed by atoms with E-state index in [9.17, 15) is 4.79 Å². The van der Waals surface area contributed by atoms with Gasteiger partial charge in [0.25, 0.3) is 0 Å². The first-order valence-electron chi connectivity index (χ1n) is 11.4. The lowest BCUT2D eigenvalue weighted by Gasteiger charge is -2.24. The number of hydrogen-bond donors (Lipinski definition) is 3. The van der Waals surface area contributed by atoms with Crippen LogP contribution >= 0.6 is 22.9 Å². The zero-order valence-electron chi connectivity index (χ0n) is 19.9. The number of amidine groups is 2. The average Bonchev–Trinajstić information content (AvgIpc) is 3.40. The van der Waals surface area contributed by atoms with Gasteiger partial charge in [0, 0.05) is 46.5 Å². The van der Waals surface area contributed by atoms with Gasteiger partial charge in [0.05, 0.1) is 18.5 Å². The maximum absolute atomic E-state index is 12.8. The number of aromatic nitrogens is 2. The minimum Gasteiger partial charge on any atom is -0.356 e. The third kappa shape index (κ3) is 5.36. The van der Waals surface area contributed by atoms with Gasteiger partial charge >= 0.3 is 0 Å². The molecule has 1 atom stereocenters. The topological polar surface area (TPSA) is 110 Å². The van der Waals surface area contributed by atoms with Crippen molar-refractivity contribution in [3.05, 3.63) is 69.6 Å². The molecule has 0 unspecified atom stereocenters. The first kappa shape index (κ1) is 24.8. The quantitative estimate of drug-likeness (QED) is 0.241. The SMILES string of the molecule is CC(=N)N1C(=N)[C@H](CC(=O)NCCCn2ccnc2)N=C(c2ccc(Cl)cc2)c2c1sc(C)c2C. The van der Waals surface area contributed by atoms with Gasteiger partial charge in [0.2, 0.25) is 5.91 Å². The zero-order chi connectivity index (χ0) is 25.1. The molecule has 1 aliphatic rings. The van der Waals surface area contributed by atoms with E-state index >= 15 is 0 Å². The Morgan fingerprint density at radius 1 is 1.26 bits per heavy atom. The van der Waals surface area contributed by atoms with Crippen LogP contribution in [0.1, 0.15) is 41.3 Å². The van der Waals surface area contributed by atoms with Gasteiger partial charge in [-0.3, -0.25) is 25.5 Å². The molecule has 0 aliphatic carbocycles. The van der Waals surface area contributed by atoms with Crippen molar-refractivity contribution in [2.75, 3.05) is 11.4 Å². The summed E-state index contributed by atoms with van der Waals surface area (Å²) in [4.78, 5) is 24.5. The van der Waals surface area contributed by atoms with E-state index in [-0.39, 0.29) is 24.0 Å². The van der Waals surface area contributed by atoms with Gasteiger partial charge in [-0.2, -0.15) is 0 Å². The maximum Gasteiger partial charge on any atom is 0.222 e. The van der Waals surface area contributed by atoms with Crippen LogP contribution in [-0.2, 0) is 11.3 Å². The predicted octanol–water partition coefficient (Wildman–Crippen LogP) is 4.81. The number of aryl methyl sites for hydroxylation is 2. The molecule has 0 saturated carbocycles. The number of rotatable bonds is 7. The van der Waals surface area contributed by atoms with Gasteiger partial charge < -0.3 is 9.88 Å². The first-order valence-corrected chi connectivity index (χ1v) is 12.6. The zero-order valence-corrected chi connectivity index (χ0v) is 21.5. The number of imidazole rings is 1. The monoisotopic (exact) mass is 509 g/mol. The fraction of sp³-hybridized carbons (Fsp3) is 0.320. The number of fused-ring (bicyclic) bond motifs is 1. The maximum atomic E-state index is 12.8. The summed E-state index contributed by atoms with van der Waals surface area (Å²) in [6.07, 6.45) is 6.16. The van der Waals surface area contributed by atoms with Crippen LogP contribution < -0.4 is 10.2 Å². The molecular formula is C25H28ClN7OS. The summed E-state index contributed by atoms with van der Waals surface area (Å²) >= 11 is 7.67. The number of nitrogens with one attached hydrogen (secondary N) is 3. The molecule has 1 aromatic carbocycles. The van der Waals surface area contributed by atoms with Crippen molar-refractivity contribution in [1.29, 1.82) is 10.8 Å². The van der Waals surface area contributed by atoms with Gasteiger partial charge in [0.1, 0.15) is 22.7 Å². The fourth-order valence-corrected chi connectivity index (χ4v) is 5.39. The molecule has 8 nitrogen and oxygen atoms in total. The molecule has 1 amide bonds. The summed E-state index contributed by atoms with van der Waals surface area (Å²) in [5.41, 5.74) is 3.53. The minimum atomic E-state index is -0.728. The molecule has 3 heterocycles. The number of thiophene rings is 1. The largest absolute Gasteiger partial charge is 0.356 e. The minimum absolute atomic E-state index is 0.0255. The van der Waals surface area contributed by atoms with Crippen molar-refractivity contribution in [2.45, 2.75) is 46.2 Å². The highest BCUT2D eigenvalue weighted by molar-refractivity contribution is 7.17. The Hall–Kier alpha value is -3.30. The molecule has 0 fully saturated rings. The van der Waals surface area contributed by atoms with E-state index in [1.165, 1.54) is 11.3 Å². The van der Waals surface area contributed by atoms with E-state index < -0.39 is 6.04 Å². The highest BCUT2D eigenvalue weighted by Gasteiger charge is 2.34. The van der Waals surface area contributed by atoms with E-state index in [0.717, 1.165) is 39.5 Å². The summed E-state index contributed by atoms with van der Waals surface area (Å²) in [6.45, 7) is 7.00. The van der Waals surface area contributed by atoms with Crippen LogP contribution in [0.3, 0.4) is 0 Å². The molecular weight excluding hydrogens is 482 g/mol. The molecule has 0 spiro atoms. The number of aliphatic imine (C=N–C) groups is 1. The van der Waals surface area contributed by atoms with Gasteiger partial charge in [-0.25, -0.2) is 4.98 Å². The van der Waals surface area contributed by atoms with Crippen molar-refractivity contribution in [3.63, 3.8) is 0 Å². The van der Waals surface area contributed by atoms with Crippen molar-refractivity contribution in [2.24, 2.45) is 4.99 Å². The summed E-state index contributed by atoms with van der Waals surface area (Å²) in [5.74, 6) is 0.165. The van der Waals surface area contributed by atoms with Crippen LogP contribution in [0.25, 0.3) is 0 Å². The van der Waals surface area contributed by atoms with Crippen molar-refractivity contribution in [3.8, 4) is 0 Å². The van der Waals surface area contributed by atoms with Crippen LogP contribution in [0.2, 0.25) is 5.02 Å². The highest BCUT2D eigenvalue weighted by Crippen LogP contribution is 2.40. The Morgan fingerprint density at radius 2 is 2.00 bits per heavy atom. The second-order valence-electron chi connectivity index (χ2n) is 8.48. The number of carbonyl (C=O) groups excluding carboxylic acids is 1. The number of carbonyl (C=O) groups is 1. The lowest BCUT2D eigenvalue weighted by molar-refractivity contribution is -0.121. The standard InChI is InChI=1S/C25H28ClN7OS/c1-15-16(2)35-25-22(15)23(18-5-7-19(26)8-6-18)31-20(24(28)33(25)17(3)27)13-21(34)30-9-4-11-32-12-10-29-14-32/h5-8,10,12,14,20,27-28H,4,9,11,13H2,1-3H3,(H,30,34)/t20-/m0/s1. The Bertz CT molecular complexity index is 1280. The lowest BCUT2D eigenvalue weighted by atomic mass is 9.99. The van der Waals surface area contributed by atoms with Gasteiger partial charge in [-0.1, -0.05) is 23.7 Å². The van der Waals surface area contributed by atoms with Crippen LogP contribution in [0, 0.1) is 24.7 Å². The van der Waals surface area contributed by atoms with Crippen LogP contribution in [0.4, 0.5) is 5.00 Å². The molecule has 182 valence electrons. The van der Waals surface area contributed by atoms with E-state index in [2.05, 4.69) is 10.3 Å². The summed E-state index contributed by atoms with van der Waals surface area (Å²) in [7, 11) is 0. The number of benzene rings is 1. The van der Waals surface area contributed by atoms with E-state index in [4.69, 9.17) is 27.4 Å². The number of anilines is 1. The normalized spacial score (nSPS) is 15.4. The summed E-state index contributed by atoms with van der Waals surface area (Å²) in [5, 5.41) is 21.7. The molecule has 35 heavy (non-hydrogen) atoms. The molecule has 0 radical (unpaired) electrons. The average molecular weight is 510 g/mol. The molecule has 0 saturated heterocycles. The third-order valence-electron chi connectivity index (χ3n) is 5.95. The number of halogens is 1.